The van der Waals surface area contributed by atoms with Gasteiger partial charge in [-0.2, -0.15) is 0 Å². The molecule has 1 nitrogen and oxygen atoms in total. The number of anilines is 3. The average Bonchev–Trinajstić information content (AvgIpc) is 3.42. The van der Waals surface area contributed by atoms with E-state index in [9.17, 15) is 11.0 Å². The molecule has 1 heteroatoms. The number of hydrogen-bond donors (Lipinski definition) is 0. The summed E-state index contributed by atoms with van der Waals surface area (Å²) in [5.74, 6) is 0. The van der Waals surface area contributed by atoms with Crippen molar-refractivity contribution < 1.29 is 11.0 Å². The van der Waals surface area contributed by atoms with E-state index in [1.165, 1.54) is 4.90 Å². The number of hydrogen-bond acceptors (Lipinski definition) is 1. The minimum absolute atomic E-state index is 0.0995. The van der Waals surface area contributed by atoms with Gasteiger partial charge in [0.05, 0.1) is 11.0 Å². The van der Waals surface area contributed by atoms with E-state index in [0.717, 1.165) is 66.1 Å². The fourth-order valence-corrected chi connectivity index (χ4v) is 8.41. The summed E-state index contributed by atoms with van der Waals surface area (Å²) in [5, 5.41) is 3.92. The van der Waals surface area contributed by atoms with E-state index in [1.807, 2.05) is 152 Å². The van der Waals surface area contributed by atoms with Crippen molar-refractivity contribution in [2.45, 2.75) is 0 Å². The summed E-state index contributed by atoms with van der Waals surface area (Å²) in [7, 11) is 0. The van der Waals surface area contributed by atoms with Gasteiger partial charge >= 0.3 is 0 Å². The molecule has 0 saturated carbocycles. The molecule has 0 N–H and O–H groups in total. The molecule has 63 heavy (non-hydrogen) atoms. The summed E-state index contributed by atoms with van der Waals surface area (Å²) < 4.78 is 77.7. The smallest absolute Gasteiger partial charge is 0.0645 e. The van der Waals surface area contributed by atoms with Gasteiger partial charge in [-0.25, -0.2) is 0 Å². The SMILES string of the molecule is [2H]c1c([2H])c(N(c2ccc(-c3cccc(-c4ccc5ccccc5c4)c3)cc2)c2c([2H])c([2H])c(-c3c(-c4ccccc4)ccc4ccccc34)c([2H])c2[2H])c([2H])c([2H])c1-c1cccc(-c2ccccc2)c1. The van der Waals surface area contributed by atoms with Crippen LogP contribution in [0.4, 0.5) is 17.1 Å². The molecule has 11 aromatic carbocycles. The lowest BCUT2D eigenvalue weighted by molar-refractivity contribution is 1.28. The van der Waals surface area contributed by atoms with Gasteiger partial charge in [0, 0.05) is 17.1 Å². The fraction of sp³-hybridized carbons (Fsp3) is 0. The van der Waals surface area contributed by atoms with Crippen LogP contribution in [0, 0.1) is 0 Å². The topological polar surface area (TPSA) is 3.24 Å². The lowest BCUT2D eigenvalue weighted by Crippen LogP contribution is -2.09. The predicted molar refractivity (Wildman–Crippen MR) is 269 cm³/mol. The second-order valence-corrected chi connectivity index (χ2v) is 15.5. The van der Waals surface area contributed by atoms with E-state index >= 15 is 0 Å². The lowest BCUT2D eigenvalue weighted by atomic mass is 9.89. The van der Waals surface area contributed by atoms with E-state index in [0.29, 0.717) is 16.8 Å². The van der Waals surface area contributed by atoms with Gasteiger partial charge in [0.15, 0.2) is 0 Å². The van der Waals surface area contributed by atoms with Crippen LogP contribution in [0.25, 0.3) is 88.3 Å². The molecule has 296 valence electrons. The summed E-state index contributed by atoms with van der Waals surface area (Å²) >= 11 is 0. The molecule has 0 unspecified atom stereocenters. The Labute approximate surface area is 380 Å². The largest absolute Gasteiger partial charge is 0.311 e. The summed E-state index contributed by atoms with van der Waals surface area (Å²) in [6, 6.07) is 65.6. The van der Waals surface area contributed by atoms with E-state index < -0.39 is 24.2 Å². The molecule has 0 aliphatic rings. The highest BCUT2D eigenvalue weighted by Crippen LogP contribution is 2.42. The van der Waals surface area contributed by atoms with Crippen LogP contribution in [-0.2, 0) is 0 Å². The fourth-order valence-electron chi connectivity index (χ4n) is 8.41. The summed E-state index contributed by atoms with van der Waals surface area (Å²) in [6.07, 6.45) is 0. The first-order valence-corrected chi connectivity index (χ1v) is 21.0. The molecule has 0 amide bonds. The van der Waals surface area contributed by atoms with Crippen LogP contribution in [0.1, 0.15) is 11.0 Å². The van der Waals surface area contributed by atoms with Crippen LogP contribution < -0.4 is 4.90 Å². The molecule has 11 aromatic rings. The maximum absolute atomic E-state index is 9.85. The molecule has 0 fully saturated rings. The van der Waals surface area contributed by atoms with Crippen molar-refractivity contribution in [3.63, 3.8) is 0 Å². The van der Waals surface area contributed by atoms with Gasteiger partial charge in [-0.05, 0) is 143 Å². The standard InChI is InChI=1S/C62H43N/c1-3-13-44(14-4-1)52-20-11-21-53(41-52)46-27-34-57(35-28-46)63(58-36-29-47(30-37-58)54-22-12-23-55(42-54)56-26-25-45-15-7-8-19-51(45)43-56)59-38-31-50(32-39-59)62-60-24-10-9-18-49(60)33-40-61(62)48-16-5-2-6-17-48/h1-43H/i27D,28D,31D,32D,34D,35D,38D,39D. The Bertz CT molecular complexity index is 3800. The Kier molecular flexibility index (Phi) is 7.90. The highest BCUT2D eigenvalue weighted by Gasteiger charge is 2.17. The third kappa shape index (κ3) is 7.58. The molecule has 0 aliphatic carbocycles. The molecule has 0 saturated heterocycles. The van der Waals surface area contributed by atoms with E-state index in [1.54, 1.807) is 18.2 Å². The summed E-state index contributed by atoms with van der Waals surface area (Å²) in [5.41, 5.74) is 8.38. The molecule has 0 bridgehead atoms. The molecule has 0 spiro atoms. The number of nitrogens with zero attached hydrogens (tertiary/aromatic N) is 1. The monoisotopic (exact) mass is 809 g/mol. The van der Waals surface area contributed by atoms with E-state index in [-0.39, 0.29) is 46.7 Å². The minimum atomic E-state index is -0.406. The van der Waals surface area contributed by atoms with Crippen LogP contribution in [-0.4, -0.2) is 0 Å². The highest BCUT2D eigenvalue weighted by molar-refractivity contribution is 6.04. The quantitative estimate of drug-likeness (QED) is 0.140. The summed E-state index contributed by atoms with van der Waals surface area (Å²) in [6.45, 7) is 0. The van der Waals surface area contributed by atoms with Crippen LogP contribution in [0.5, 0.6) is 0 Å². The minimum Gasteiger partial charge on any atom is -0.311 e. The van der Waals surface area contributed by atoms with Crippen molar-refractivity contribution in [2.24, 2.45) is 0 Å². The molecule has 0 aliphatic heterocycles. The molecule has 0 aromatic heterocycles. The second-order valence-electron chi connectivity index (χ2n) is 15.5. The Morgan fingerprint density at radius 2 is 0.698 bits per heavy atom. The van der Waals surface area contributed by atoms with Crippen molar-refractivity contribution in [3.05, 3.63) is 261 Å². The molecular weight excluding hydrogens is 759 g/mol. The van der Waals surface area contributed by atoms with Gasteiger partial charge in [-0.15, -0.1) is 0 Å². The van der Waals surface area contributed by atoms with Crippen molar-refractivity contribution in [2.75, 3.05) is 4.90 Å². The Hall–Kier alpha value is -8.26. The van der Waals surface area contributed by atoms with Crippen LogP contribution in [0.15, 0.2) is 261 Å². The van der Waals surface area contributed by atoms with Crippen molar-refractivity contribution in [1.29, 1.82) is 0 Å². The van der Waals surface area contributed by atoms with Gasteiger partial charge < -0.3 is 4.90 Å². The van der Waals surface area contributed by atoms with Crippen LogP contribution >= 0.6 is 0 Å². The molecule has 0 radical (unpaired) electrons. The van der Waals surface area contributed by atoms with Crippen LogP contribution in [0.2, 0.25) is 0 Å². The van der Waals surface area contributed by atoms with Gasteiger partial charge in [0.25, 0.3) is 0 Å². The zero-order chi connectivity index (χ0) is 48.9. The Balaban J connectivity index is 1.10. The maximum Gasteiger partial charge on any atom is 0.0645 e. The zero-order valence-corrected chi connectivity index (χ0v) is 34.2. The first kappa shape index (κ1) is 29.9. The van der Waals surface area contributed by atoms with Gasteiger partial charge in [0.2, 0.25) is 0 Å². The van der Waals surface area contributed by atoms with Crippen LogP contribution in [0.3, 0.4) is 0 Å². The molecule has 0 heterocycles. The predicted octanol–water partition coefficient (Wildman–Crippen LogP) is 17.5. The average molecular weight is 810 g/mol. The van der Waals surface area contributed by atoms with Gasteiger partial charge in [0.1, 0.15) is 0 Å². The second kappa shape index (κ2) is 16.7. The molecular formula is C62H43N. The number of rotatable bonds is 9. The number of fused-ring (bicyclic) bond motifs is 2. The molecule has 0 atom stereocenters. The normalized spacial score (nSPS) is 13.0. The van der Waals surface area contributed by atoms with E-state index in [4.69, 9.17) is 0 Å². The molecule has 11 rings (SSSR count). The van der Waals surface area contributed by atoms with Gasteiger partial charge in [-0.3, -0.25) is 0 Å². The number of benzene rings is 11. The maximum atomic E-state index is 9.85. The first-order valence-electron chi connectivity index (χ1n) is 25.0. The Morgan fingerprint density at radius 3 is 1.35 bits per heavy atom. The third-order valence-corrected chi connectivity index (χ3v) is 11.6. The van der Waals surface area contributed by atoms with Crippen molar-refractivity contribution >= 4 is 38.6 Å². The van der Waals surface area contributed by atoms with E-state index in [2.05, 4.69) is 42.5 Å². The first-order chi connectivity index (χ1) is 34.6. The lowest BCUT2D eigenvalue weighted by Gasteiger charge is -2.26. The summed E-state index contributed by atoms with van der Waals surface area (Å²) in [4.78, 5) is 1.37. The third-order valence-electron chi connectivity index (χ3n) is 11.6. The zero-order valence-electron chi connectivity index (χ0n) is 42.2. The van der Waals surface area contributed by atoms with Crippen molar-refractivity contribution in [1.82, 2.24) is 0 Å². The Morgan fingerprint density at radius 1 is 0.254 bits per heavy atom. The van der Waals surface area contributed by atoms with Crippen molar-refractivity contribution in [3.8, 4) is 66.8 Å². The van der Waals surface area contributed by atoms with Gasteiger partial charge in [-0.1, -0.05) is 206 Å². The highest BCUT2D eigenvalue weighted by atomic mass is 15.1.